The first-order valence-corrected chi connectivity index (χ1v) is 6.49. The van der Waals surface area contributed by atoms with Gasteiger partial charge in [-0.1, -0.05) is 11.6 Å². The van der Waals surface area contributed by atoms with E-state index >= 15 is 0 Å². The molecule has 0 aliphatic heterocycles. The van der Waals surface area contributed by atoms with Crippen molar-refractivity contribution in [2.45, 2.75) is 6.92 Å². The van der Waals surface area contributed by atoms with Crippen molar-refractivity contribution in [3.8, 4) is 5.75 Å². The molecule has 0 spiro atoms. The Morgan fingerprint density at radius 2 is 1.95 bits per heavy atom. The van der Waals surface area contributed by atoms with Crippen LogP contribution >= 0.6 is 11.6 Å². The Morgan fingerprint density at radius 1 is 1.10 bits per heavy atom. The van der Waals surface area contributed by atoms with Gasteiger partial charge < -0.3 is 10.4 Å². The van der Waals surface area contributed by atoms with Crippen LogP contribution in [0.15, 0.2) is 42.6 Å². The molecule has 0 saturated heterocycles. The maximum Gasteiger partial charge on any atom is 0.142 e. The standard InChI is InChI=1S/C15H12ClN3O/c1-9-6-7-17-14(8-9)18-13-5-2-10-11(16)3-4-12(20)15(10)19-13/h2-8,20H,1H3,(H,17,18,19). The Balaban J connectivity index is 2.03. The molecule has 0 aliphatic rings. The molecule has 0 aliphatic carbocycles. The highest BCUT2D eigenvalue weighted by Gasteiger charge is 2.07. The molecule has 0 unspecified atom stereocenters. The number of aromatic nitrogens is 2. The Morgan fingerprint density at radius 3 is 2.75 bits per heavy atom. The van der Waals surface area contributed by atoms with E-state index in [1.54, 1.807) is 18.3 Å². The lowest BCUT2D eigenvalue weighted by Gasteiger charge is -2.08. The van der Waals surface area contributed by atoms with Gasteiger partial charge in [0.25, 0.3) is 0 Å². The number of halogens is 1. The first-order valence-electron chi connectivity index (χ1n) is 6.11. The largest absolute Gasteiger partial charge is 0.506 e. The zero-order chi connectivity index (χ0) is 14.1. The molecular weight excluding hydrogens is 274 g/mol. The van der Waals surface area contributed by atoms with E-state index in [-0.39, 0.29) is 5.75 Å². The molecule has 100 valence electrons. The second-order valence-corrected chi connectivity index (χ2v) is 4.91. The number of nitrogens with one attached hydrogen (secondary N) is 1. The summed E-state index contributed by atoms with van der Waals surface area (Å²) in [7, 11) is 0. The van der Waals surface area contributed by atoms with Crippen LogP contribution in [0.3, 0.4) is 0 Å². The van der Waals surface area contributed by atoms with Crippen LogP contribution in [0.5, 0.6) is 5.75 Å². The third-order valence-corrected chi connectivity index (χ3v) is 3.28. The summed E-state index contributed by atoms with van der Waals surface area (Å²) < 4.78 is 0. The minimum atomic E-state index is 0.102. The zero-order valence-electron chi connectivity index (χ0n) is 10.8. The van der Waals surface area contributed by atoms with Gasteiger partial charge in [0, 0.05) is 11.6 Å². The van der Waals surface area contributed by atoms with Gasteiger partial charge in [-0.2, -0.15) is 0 Å². The van der Waals surface area contributed by atoms with Crippen LogP contribution in [-0.2, 0) is 0 Å². The van der Waals surface area contributed by atoms with Crippen LogP contribution in [0.25, 0.3) is 10.9 Å². The highest BCUT2D eigenvalue weighted by molar-refractivity contribution is 6.35. The average molecular weight is 286 g/mol. The van der Waals surface area contributed by atoms with E-state index in [4.69, 9.17) is 11.6 Å². The number of phenols is 1. The zero-order valence-corrected chi connectivity index (χ0v) is 11.5. The molecule has 3 aromatic rings. The number of aryl methyl sites for hydroxylation is 1. The van der Waals surface area contributed by atoms with Gasteiger partial charge >= 0.3 is 0 Å². The van der Waals surface area contributed by atoms with E-state index in [9.17, 15) is 5.11 Å². The Bertz CT molecular complexity index is 789. The van der Waals surface area contributed by atoms with E-state index in [2.05, 4.69) is 15.3 Å². The summed E-state index contributed by atoms with van der Waals surface area (Å²) in [6.45, 7) is 1.99. The molecule has 5 heteroatoms. The monoisotopic (exact) mass is 285 g/mol. The second kappa shape index (κ2) is 4.98. The third kappa shape index (κ3) is 2.38. The van der Waals surface area contributed by atoms with Crippen LogP contribution in [0, 0.1) is 6.92 Å². The van der Waals surface area contributed by atoms with Gasteiger partial charge in [0.05, 0.1) is 5.02 Å². The van der Waals surface area contributed by atoms with Gasteiger partial charge in [-0.3, -0.25) is 0 Å². The number of anilines is 2. The number of nitrogens with zero attached hydrogens (tertiary/aromatic N) is 2. The van der Waals surface area contributed by atoms with Gasteiger partial charge in [0.15, 0.2) is 0 Å². The van der Waals surface area contributed by atoms with E-state index in [1.165, 1.54) is 6.07 Å². The average Bonchev–Trinajstić information content (AvgIpc) is 2.43. The number of pyridine rings is 2. The van der Waals surface area contributed by atoms with Crippen molar-refractivity contribution < 1.29 is 5.11 Å². The number of benzene rings is 1. The van der Waals surface area contributed by atoms with Crippen molar-refractivity contribution in [1.29, 1.82) is 0 Å². The summed E-state index contributed by atoms with van der Waals surface area (Å²) in [5, 5.41) is 14.3. The number of aromatic hydroxyl groups is 1. The Kier molecular flexibility index (Phi) is 3.16. The van der Waals surface area contributed by atoms with Crippen LogP contribution in [0.1, 0.15) is 5.56 Å². The second-order valence-electron chi connectivity index (χ2n) is 4.50. The van der Waals surface area contributed by atoms with Crippen LogP contribution in [0.4, 0.5) is 11.6 Å². The van der Waals surface area contributed by atoms with Gasteiger partial charge in [0.2, 0.25) is 0 Å². The van der Waals surface area contributed by atoms with Crippen molar-refractivity contribution >= 4 is 34.1 Å². The number of phenolic OH excluding ortho intramolecular Hbond substituents is 1. The highest BCUT2D eigenvalue weighted by atomic mass is 35.5. The normalized spacial score (nSPS) is 10.7. The van der Waals surface area contributed by atoms with E-state index < -0.39 is 0 Å². The lowest BCUT2D eigenvalue weighted by atomic mass is 10.2. The maximum atomic E-state index is 9.87. The van der Waals surface area contributed by atoms with Crippen molar-refractivity contribution in [2.75, 3.05) is 5.32 Å². The molecule has 2 heterocycles. The van der Waals surface area contributed by atoms with E-state index in [0.717, 1.165) is 10.9 Å². The minimum Gasteiger partial charge on any atom is -0.506 e. The van der Waals surface area contributed by atoms with Gasteiger partial charge in [0.1, 0.15) is 22.9 Å². The van der Waals surface area contributed by atoms with E-state index in [1.807, 2.05) is 25.1 Å². The summed E-state index contributed by atoms with van der Waals surface area (Å²) in [6.07, 6.45) is 1.73. The number of fused-ring (bicyclic) bond motifs is 1. The number of hydrogen-bond acceptors (Lipinski definition) is 4. The van der Waals surface area contributed by atoms with Crippen LogP contribution < -0.4 is 5.32 Å². The number of rotatable bonds is 2. The molecule has 0 atom stereocenters. The van der Waals surface area contributed by atoms with Crippen molar-refractivity contribution in [1.82, 2.24) is 9.97 Å². The van der Waals surface area contributed by atoms with Crippen molar-refractivity contribution in [3.63, 3.8) is 0 Å². The molecule has 2 N–H and O–H groups in total. The van der Waals surface area contributed by atoms with Crippen LogP contribution in [0.2, 0.25) is 5.02 Å². The Hall–Kier alpha value is -2.33. The van der Waals surface area contributed by atoms with Crippen LogP contribution in [-0.4, -0.2) is 15.1 Å². The smallest absolute Gasteiger partial charge is 0.142 e. The fourth-order valence-electron chi connectivity index (χ4n) is 1.97. The lowest BCUT2D eigenvalue weighted by Crippen LogP contribution is -1.96. The van der Waals surface area contributed by atoms with Crippen molar-refractivity contribution in [3.05, 3.63) is 53.2 Å². The summed E-state index contributed by atoms with van der Waals surface area (Å²) in [4.78, 5) is 8.59. The molecule has 0 radical (unpaired) electrons. The predicted molar refractivity (Wildman–Crippen MR) is 80.7 cm³/mol. The molecular formula is C15H12ClN3O. The molecule has 0 saturated carbocycles. The first-order chi connectivity index (χ1) is 9.63. The third-order valence-electron chi connectivity index (χ3n) is 2.95. The highest BCUT2D eigenvalue weighted by Crippen LogP contribution is 2.30. The fourth-order valence-corrected chi connectivity index (χ4v) is 2.19. The number of hydrogen-bond donors (Lipinski definition) is 2. The molecule has 0 bridgehead atoms. The van der Waals surface area contributed by atoms with E-state index in [0.29, 0.717) is 22.2 Å². The molecule has 3 rings (SSSR count). The van der Waals surface area contributed by atoms with Gasteiger partial charge in [-0.15, -0.1) is 0 Å². The lowest BCUT2D eigenvalue weighted by molar-refractivity contribution is 0.480. The molecule has 4 nitrogen and oxygen atoms in total. The maximum absolute atomic E-state index is 9.87. The van der Waals surface area contributed by atoms with Crippen molar-refractivity contribution in [2.24, 2.45) is 0 Å². The van der Waals surface area contributed by atoms with Gasteiger partial charge in [-0.25, -0.2) is 9.97 Å². The molecule has 0 amide bonds. The summed E-state index contributed by atoms with van der Waals surface area (Å²) in [6, 6.07) is 10.6. The quantitative estimate of drug-likeness (QED) is 0.746. The molecule has 1 aromatic carbocycles. The minimum absolute atomic E-state index is 0.102. The summed E-state index contributed by atoms with van der Waals surface area (Å²) >= 11 is 6.08. The Labute approximate surface area is 121 Å². The topological polar surface area (TPSA) is 58.0 Å². The summed E-state index contributed by atoms with van der Waals surface area (Å²) in [5.74, 6) is 1.41. The molecule has 20 heavy (non-hydrogen) atoms. The van der Waals surface area contributed by atoms with Gasteiger partial charge in [-0.05, 0) is 48.9 Å². The SMILES string of the molecule is Cc1ccnc(Nc2ccc3c(Cl)ccc(O)c3n2)c1. The fraction of sp³-hybridized carbons (Fsp3) is 0.0667. The molecule has 2 aromatic heterocycles. The molecule has 0 fully saturated rings. The first kappa shape index (κ1) is 12.7. The predicted octanol–water partition coefficient (Wildman–Crippen LogP) is 4.04. The summed E-state index contributed by atoms with van der Waals surface area (Å²) in [5.41, 5.74) is 1.57.